The van der Waals surface area contributed by atoms with Crippen molar-refractivity contribution in [1.29, 1.82) is 0 Å². The maximum atomic E-state index is 14.2. The van der Waals surface area contributed by atoms with Gasteiger partial charge in [0.1, 0.15) is 12.6 Å². The lowest BCUT2D eigenvalue weighted by atomic mass is 10.1. The summed E-state index contributed by atoms with van der Waals surface area (Å²) < 4.78 is 40.0. The number of hydrogen-bond donors (Lipinski definition) is 1. The number of rotatable bonds is 12. The van der Waals surface area contributed by atoms with Gasteiger partial charge in [-0.05, 0) is 63.4 Å². The van der Waals surface area contributed by atoms with Gasteiger partial charge >= 0.3 is 0 Å². The van der Waals surface area contributed by atoms with Gasteiger partial charge in [-0.2, -0.15) is 0 Å². The predicted molar refractivity (Wildman–Crippen MR) is 167 cm³/mol. The van der Waals surface area contributed by atoms with Crippen molar-refractivity contribution in [3.05, 3.63) is 83.4 Å². The number of methoxy groups -OCH3 is 2. The van der Waals surface area contributed by atoms with E-state index in [1.54, 1.807) is 31.2 Å². The molecule has 3 aromatic carbocycles. The lowest BCUT2D eigenvalue weighted by molar-refractivity contribution is -0.139. The van der Waals surface area contributed by atoms with Crippen LogP contribution in [0.5, 0.6) is 11.5 Å². The molecule has 1 fully saturated rings. The minimum absolute atomic E-state index is 0.0396. The monoisotopic (exact) mass is 607 g/mol. The number of benzene rings is 3. The third-order valence-electron chi connectivity index (χ3n) is 7.89. The summed E-state index contributed by atoms with van der Waals surface area (Å²) in [6, 6.07) is 18.1. The molecule has 230 valence electrons. The number of carbonyl (C=O) groups is 2. The largest absolute Gasteiger partial charge is 0.493 e. The number of aryl methyl sites for hydroxylation is 2. The van der Waals surface area contributed by atoms with Crippen LogP contribution in [0.15, 0.2) is 71.6 Å². The summed E-state index contributed by atoms with van der Waals surface area (Å²) in [6.07, 6.45) is 3.93. The van der Waals surface area contributed by atoms with Gasteiger partial charge in [0.25, 0.3) is 10.0 Å². The van der Waals surface area contributed by atoms with Gasteiger partial charge in [0.05, 0.1) is 24.8 Å². The summed E-state index contributed by atoms with van der Waals surface area (Å²) in [6.45, 7) is 5.14. The van der Waals surface area contributed by atoms with Crippen molar-refractivity contribution < 1.29 is 27.5 Å². The molecule has 0 bridgehead atoms. The van der Waals surface area contributed by atoms with Crippen molar-refractivity contribution in [2.75, 3.05) is 25.1 Å². The molecule has 10 heteroatoms. The first kappa shape index (κ1) is 31.9. The second-order valence-corrected chi connectivity index (χ2v) is 12.9. The summed E-state index contributed by atoms with van der Waals surface area (Å²) in [5.41, 5.74) is 3.03. The molecule has 3 aromatic rings. The van der Waals surface area contributed by atoms with E-state index in [0.717, 1.165) is 46.7 Å². The molecule has 2 amide bonds. The highest BCUT2D eigenvalue weighted by atomic mass is 32.2. The molecule has 1 N–H and O–H groups in total. The molecular weight excluding hydrogens is 566 g/mol. The molecular formula is C33H41N3O6S. The van der Waals surface area contributed by atoms with Gasteiger partial charge in [-0.1, -0.05) is 60.4 Å². The van der Waals surface area contributed by atoms with Gasteiger partial charge < -0.3 is 19.7 Å². The second kappa shape index (κ2) is 13.9. The smallest absolute Gasteiger partial charge is 0.264 e. The molecule has 0 aliphatic heterocycles. The molecule has 4 rings (SSSR count). The van der Waals surface area contributed by atoms with Crippen LogP contribution in [0, 0.1) is 13.8 Å². The molecule has 0 saturated heterocycles. The number of sulfonamides is 1. The highest BCUT2D eigenvalue weighted by Gasteiger charge is 2.33. The number of nitrogens with one attached hydrogen (secondary N) is 1. The molecule has 1 aliphatic carbocycles. The van der Waals surface area contributed by atoms with Crippen molar-refractivity contribution in [3.63, 3.8) is 0 Å². The van der Waals surface area contributed by atoms with Crippen molar-refractivity contribution >= 4 is 27.5 Å². The molecule has 1 unspecified atom stereocenters. The Balaban J connectivity index is 1.72. The molecule has 0 aromatic heterocycles. The summed E-state index contributed by atoms with van der Waals surface area (Å²) in [4.78, 5) is 29.0. The number of amides is 2. The quantitative estimate of drug-likeness (QED) is 0.311. The molecule has 43 heavy (non-hydrogen) atoms. The highest BCUT2D eigenvalue weighted by molar-refractivity contribution is 7.92. The molecule has 0 heterocycles. The lowest BCUT2D eigenvalue weighted by Crippen LogP contribution is -2.52. The number of carbonyl (C=O) groups excluding carboxylic acids is 2. The Morgan fingerprint density at radius 1 is 0.884 bits per heavy atom. The number of nitrogens with zero attached hydrogens (tertiary/aromatic N) is 2. The molecule has 9 nitrogen and oxygen atoms in total. The van der Waals surface area contributed by atoms with E-state index in [1.165, 1.54) is 37.3 Å². The number of ether oxygens (including phenoxy) is 2. The molecule has 0 spiro atoms. The Labute approximate surface area is 254 Å². The van der Waals surface area contributed by atoms with Crippen LogP contribution in [0.2, 0.25) is 0 Å². The van der Waals surface area contributed by atoms with Gasteiger partial charge in [-0.15, -0.1) is 0 Å². The fourth-order valence-corrected chi connectivity index (χ4v) is 6.62. The Hall–Kier alpha value is -4.05. The van der Waals surface area contributed by atoms with E-state index < -0.39 is 28.5 Å². The standard InChI is InChI=1S/C33H41N3O6S/c1-23-10-14-26(15-11-23)21-35(25(3)33(38)34-27-8-6-7-9-27)32(37)22-36(28-16-19-30(41-4)31(20-28)42-5)43(39,40)29-17-12-24(2)13-18-29/h10-20,25,27H,6-9,21-22H2,1-5H3,(H,34,38). The summed E-state index contributed by atoms with van der Waals surface area (Å²) in [7, 11) is -1.25. The van der Waals surface area contributed by atoms with E-state index in [0.29, 0.717) is 11.5 Å². The van der Waals surface area contributed by atoms with Gasteiger partial charge in [0.2, 0.25) is 11.8 Å². The third kappa shape index (κ3) is 7.67. The lowest BCUT2D eigenvalue weighted by Gasteiger charge is -2.32. The third-order valence-corrected chi connectivity index (χ3v) is 9.67. The Morgan fingerprint density at radius 3 is 2.05 bits per heavy atom. The van der Waals surface area contributed by atoms with E-state index in [1.807, 2.05) is 38.1 Å². The van der Waals surface area contributed by atoms with Crippen molar-refractivity contribution in [1.82, 2.24) is 10.2 Å². The number of anilines is 1. The zero-order valence-corrected chi connectivity index (χ0v) is 26.3. The van der Waals surface area contributed by atoms with Crippen LogP contribution in [-0.4, -0.2) is 58.0 Å². The zero-order chi connectivity index (χ0) is 31.1. The average molecular weight is 608 g/mol. The maximum Gasteiger partial charge on any atom is 0.264 e. The first-order valence-corrected chi connectivity index (χ1v) is 15.9. The van der Waals surface area contributed by atoms with Gasteiger partial charge in [0.15, 0.2) is 11.5 Å². The van der Waals surface area contributed by atoms with Gasteiger partial charge in [0, 0.05) is 18.7 Å². The van der Waals surface area contributed by atoms with Crippen LogP contribution >= 0.6 is 0 Å². The molecule has 1 aliphatic rings. The van der Waals surface area contributed by atoms with E-state index in [2.05, 4.69) is 5.32 Å². The number of hydrogen-bond acceptors (Lipinski definition) is 6. The highest BCUT2D eigenvalue weighted by Crippen LogP contribution is 2.34. The van der Waals surface area contributed by atoms with E-state index >= 15 is 0 Å². The molecule has 1 atom stereocenters. The Bertz CT molecular complexity index is 1520. The average Bonchev–Trinajstić information content (AvgIpc) is 3.52. The minimum Gasteiger partial charge on any atom is -0.493 e. The Morgan fingerprint density at radius 2 is 1.47 bits per heavy atom. The van der Waals surface area contributed by atoms with Crippen LogP contribution in [0.4, 0.5) is 5.69 Å². The van der Waals surface area contributed by atoms with E-state index in [4.69, 9.17) is 9.47 Å². The van der Waals surface area contributed by atoms with E-state index in [9.17, 15) is 18.0 Å². The van der Waals surface area contributed by atoms with Crippen molar-refractivity contribution in [2.45, 2.75) is 70.0 Å². The first-order valence-electron chi connectivity index (χ1n) is 14.5. The second-order valence-electron chi connectivity index (χ2n) is 11.0. The van der Waals surface area contributed by atoms with E-state index in [-0.39, 0.29) is 29.1 Å². The van der Waals surface area contributed by atoms with Crippen LogP contribution in [0.25, 0.3) is 0 Å². The van der Waals surface area contributed by atoms with Crippen LogP contribution < -0.4 is 19.1 Å². The first-order chi connectivity index (χ1) is 20.5. The summed E-state index contributed by atoms with van der Waals surface area (Å²) >= 11 is 0. The van der Waals surface area contributed by atoms with Crippen LogP contribution in [0.3, 0.4) is 0 Å². The fraction of sp³-hybridized carbons (Fsp3) is 0.394. The van der Waals surface area contributed by atoms with Crippen LogP contribution in [0.1, 0.15) is 49.3 Å². The SMILES string of the molecule is COc1ccc(N(CC(=O)N(Cc2ccc(C)cc2)C(C)C(=O)NC2CCCC2)S(=O)(=O)c2ccc(C)cc2)cc1OC. The Kier molecular flexibility index (Phi) is 10.3. The van der Waals surface area contributed by atoms with Crippen molar-refractivity contribution in [3.8, 4) is 11.5 Å². The van der Waals surface area contributed by atoms with Crippen LogP contribution in [-0.2, 0) is 26.2 Å². The van der Waals surface area contributed by atoms with Gasteiger partial charge in [-0.3, -0.25) is 13.9 Å². The molecule has 0 radical (unpaired) electrons. The normalized spacial score (nSPS) is 14.2. The van der Waals surface area contributed by atoms with Crippen molar-refractivity contribution in [2.24, 2.45) is 0 Å². The summed E-state index contributed by atoms with van der Waals surface area (Å²) in [5.74, 6) is -0.0348. The fourth-order valence-electron chi connectivity index (χ4n) is 5.21. The summed E-state index contributed by atoms with van der Waals surface area (Å²) in [5, 5.41) is 3.09. The minimum atomic E-state index is -4.20. The molecule has 1 saturated carbocycles. The zero-order valence-electron chi connectivity index (χ0n) is 25.5. The van der Waals surface area contributed by atoms with Gasteiger partial charge in [-0.25, -0.2) is 8.42 Å². The predicted octanol–water partition coefficient (Wildman–Crippen LogP) is 4.99. The maximum absolute atomic E-state index is 14.2. The topological polar surface area (TPSA) is 105 Å².